The molecule has 2 aliphatic rings. The number of phenols is 1. The second-order valence-electron chi connectivity index (χ2n) is 4.76. The fraction of sp³-hybridized carbons (Fsp3) is 0.500. The zero-order valence-corrected chi connectivity index (χ0v) is 14.5. The normalized spacial score (nSPS) is 21.0. The average molecular weight is 473 g/mol. The van der Waals surface area contributed by atoms with Gasteiger partial charge in [-0.3, -0.25) is 0 Å². The molecule has 0 radical (unpaired) electrons. The van der Waals surface area contributed by atoms with Crippen LogP contribution >= 0.6 is 11.6 Å². The summed E-state index contributed by atoms with van der Waals surface area (Å²) in [6.45, 7) is 2.71. The number of nitrogens with zero attached hydrogens (tertiary/aromatic N) is 1. The molecule has 2 fully saturated rings. The van der Waals surface area contributed by atoms with Gasteiger partial charge in [-0.25, -0.2) is 0 Å². The minimum atomic E-state index is -0.0949. The molecule has 1 atom stereocenters. The summed E-state index contributed by atoms with van der Waals surface area (Å²) in [7, 11) is 0. The van der Waals surface area contributed by atoms with Crippen LogP contribution in [0, 0.1) is 12.5 Å². The first kappa shape index (κ1) is 17.6. The van der Waals surface area contributed by atoms with Gasteiger partial charge in [-0.15, -0.1) is 23.7 Å². The van der Waals surface area contributed by atoms with Crippen molar-refractivity contribution in [2.45, 2.75) is 31.7 Å². The van der Waals surface area contributed by atoms with Gasteiger partial charge >= 0.3 is 22.1 Å². The molecule has 1 aromatic rings. The molecule has 1 aromatic carbocycles. The van der Waals surface area contributed by atoms with Crippen LogP contribution in [0.3, 0.4) is 0 Å². The number of anilines is 1. The van der Waals surface area contributed by atoms with Gasteiger partial charge in [0, 0.05) is 5.75 Å². The van der Waals surface area contributed by atoms with Crippen LogP contribution in [-0.4, -0.2) is 29.1 Å². The number of fused-ring (bicyclic) bond motifs is 1. The number of nitrogens with two attached hydrogens (primary N) is 1. The first-order chi connectivity index (χ1) is 9.66. The summed E-state index contributed by atoms with van der Waals surface area (Å²) in [6, 6.07) is 6.47. The van der Waals surface area contributed by atoms with Crippen molar-refractivity contribution < 1.29 is 27.2 Å². The zero-order chi connectivity index (χ0) is 15.0. The molecular formula is C14H19ClN2O2Os-2. The molecule has 114 valence electrons. The molecule has 3 N–H and O–H groups in total. The van der Waals surface area contributed by atoms with E-state index in [2.05, 4.69) is 17.4 Å². The third kappa shape index (κ3) is 5.48. The van der Waals surface area contributed by atoms with Crippen LogP contribution in [0.2, 0.25) is 5.02 Å². The molecular weight excluding hydrogens is 454 g/mol. The van der Waals surface area contributed by atoms with Gasteiger partial charge in [-0.1, -0.05) is 5.02 Å². The standard InChI is InChI=1S/C8H14N.C6H5ClNO.O.Os/c1-2-6-9-7-3-5-8(9)4-1;7-4-1-2-5(8)6(9)3-4;;/h1,8H,2-7H2;1-2,9H,8H2;;/q2*-1;;. The molecule has 0 bridgehead atoms. The number of rotatable bonds is 0. The maximum atomic E-state index is 8.84. The third-order valence-corrected chi connectivity index (χ3v) is 3.70. The molecule has 0 saturated carbocycles. The molecule has 2 saturated heterocycles. The van der Waals surface area contributed by atoms with Crippen molar-refractivity contribution in [2.75, 3.05) is 18.8 Å². The average Bonchev–Trinajstić information content (AvgIpc) is 2.94. The molecule has 2 aliphatic heterocycles. The Labute approximate surface area is 135 Å². The molecule has 0 spiro atoms. The van der Waals surface area contributed by atoms with Crippen LogP contribution in [0.25, 0.3) is 0 Å². The Hall–Kier alpha value is -0.494. The van der Waals surface area contributed by atoms with Gasteiger partial charge in [-0.05, 0) is 37.7 Å². The van der Waals surface area contributed by atoms with E-state index in [1.54, 1.807) is 6.07 Å². The fourth-order valence-electron chi connectivity index (χ4n) is 2.49. The molecule has 2 heterocycles. The summed E-state index contributed by atoms with van der Waals surface area (Å²) < 4.78 is 8.28. The van der Waals surface area contributed by atoms with Crippen molar-refractivity contribution in [3.8, 4) is 5.75 Å². The van der Waals surface area contributed by atoms with Crippen molar-refractivity contribution in [1.82, 2.24) is 4.90 Å². The Morgan fingerprint density at radius 2 is 2.20 bits per heavy atom. The van der Waals surface area contributed by atoms with E-state index < -0.39 is 0 Å². The molecule has 3 rings (SSSR count). The Morgan fingerprint density at radius 1 is 1.45 bits per heavy atom. The SMILES string of the molecule is Nc1ccc(Cl)[c-]c1O.[CH-]1CCN2CCCC2C1.[O]=[Os]. The molecule has 6 heteroatoms. The summed E-state index contributed by atoms with van der Waals surface area (Å²) in [4.78, 5) is 2.64. The molecule has 20 heavy (non-hydrogen) atoms. The van der Waals surface area contributed by atoms with Crippen LogP contribution in [0.1, 0.15) is 25.7 Å². The number of hydrogen-bond donors (Lipinski definition) is 2. The number of hydrogen-bond acceptors (Lipinski definition) is 4. The predicted molar refractivity (Wildman–Crippen MR) is 75.2 cm³/mol. The summed E-state index contributed by atoms with van der Waals surface area (Å²) in [5.41, 5.74) is 5.54. The Bertz CT molecular complexity index is 408. The molecule has 4 nitrogen and oxygen atoms in total. The van der Waals surface area contributed by atoms with Crippen LogP contribution in [0.15, 0.2) is 12.1 Å². The Balaban J connectivity index is 0.000000178. The van der Waals surface area contributed by atoms with Crippen LogP contribution in [-0.2, 0) is 22.1 Å². The predicted octanol–water partition coefficient (Wildman–Crippen LogP) is 2.76. The zero-order valence-electron chi connectivity index (χ0n) is 11.2. The van der Waals surface area contributed by atoms with Gasteiger partial charge < -0.3 is 22.2 Å². The number of piperidine rings is 1. The number of phenolic OH excluding ortho intramolecular Hbond substituents is 1. The maximum absolute atomic E-state index is 8.84. The van der Waals surface area contributed by atoms with Gasteiger partial charge in [0.15, 0.2) is 0 Å². The van der Waals surface area contributed by atoms with E-state index >= 15 is 0 Å². The van der Waals surface area contributed by atoms with E-state index in [0.717, 1.165) is 6.04 Å². The van der Waals surface area contributed by atoms with E-state index in [1.807, 2.05) is 0 Å². The molecule has 1 unspecified atom stereocenters. The third-order valence-electron chi connectivity index (χ3n) is 3.48. The second-order valence-corrected chi connectivity index (χ2v) is 5.16. The van der Waals surface area contributed by atoms with E-state index in [9.17, 15) is 0 Å². The van der Waals surface area contributed by atoms with Crippen molar-refractivity contribution in [3.05, 3.63) is 29.6 Å². The first-order valence-corrected chi connectivity index (χ1v) is 7.95. The van der Waals surface area contributed by atoms with Gasteiger partial charge in [0.05, 0.1) is 0 Å². The Kier molecular flexibility index (Phi) is 8.29. The monoisotopic (exact) mass is 474 g/mol. The second kappa shape index (κ2) is 9.44. The fourth-order valence-corrected chi connectivity index (χ4v) is 2.65. The number of halogens is 1. The quantitative estimate of drug-likeness (QED) is 0.346. The van der Waals surface area contributed by atoms with Crippen molar-refractivity contribution in [1.29, 1.82) is 0 Å². The number of benzene rings is 1. The van der Waals surface area contributed by atoms with Gasteiger partial charge in [0.25, 0.3) is 0 Å². The van der Waals surface area contributed by atoms with Crippen molar-refractivity contribution in [2.24, 2.45) is 0 Å². The molecule has 0 aromatic heterocycles. The molecule has 0 aliphatic carbocycles. The van der Waals surface area contributed by atoms with E-state index in [-0.39, 0.29) is 5.75 Å². The van der Waals surface area contributed by atoms with Crippen molar-refractivity contribution >= 4 is 17.3 Å². The van der Waals surface area contributed by atoms with Crippen LogP contribution in [0.4, 0.5) is 5.69 Å². The minimum absolute atomic E-state index is 0.0949. The Morgan fingerprint density at radius 3 is 2.80 bits per heavy atom. The van der Waals surface area contributed by atoms with E-state index in [1.165, 1.54) is 44.8 Å². The topological polar surface area (TPSA) is 66.6 Å². The summed E-state index contributed by atoms with van der Waals surface area (Å²) in [6.07, 6.45) is 8.04. The summed E-state index contributed by atoms with van der Waals surface area (Å²) >= 11 is 6.06. The summed E-state index contributed by atoms with van der Waals surface area (Å²) in [5.74, 6) is -0.0949. The van der Waals surface area contributed by atoms with Crippen LogP contribution < -0.4 is 5.73 Å². The first-order valence-electron chi connectivity index (χ1n) is 6.53. The van der Waals surface area contributed by atoms with Crippen molar-refractivity contribution in [3.63, 3.8) is 0 Å². The van der Waals surface area contributed by atoms with Gasteiger partial charge in [0.2, 0.25) is 0 Å². The molecule has 0 amide bonds. The van der Waals surface area contributed by atoms with Gasteiger partial charge in [-0.2, -0.15) is 18.9 Å². The van der Waals surface area contributed by atoms with E-state index in [0.29, 0.717) is 29.3 Å². The summed E-state index contributed by atoms with van der Waals surface area (Å²) in [5, 5.41) is 9.20. The van der Waals surface area contributed by atoms with E-state index in [4.69, 9.17) is 26.0 Å². The van der Waals surface area contributed by atoms with Crippen LogP contribution in [0.5, 0.6) is 5.75 Å². The van der Waals surface area contributed by atoms with Gasteiger partial charge in [0.1, 0.15) is 0 Å². The number of nitrogen functional groups attached to an aromatic ring is 1. The number of aromatic hydroxyl groups is 1.